The van der Waals surface area contributed by atoms with E-state index in [2.05, 4.69) is 61.4 Å². The summed E-state index contributed by atoms with van der Waals surface area (Å²) in [5.74, 6) is -0.0626. The maximum Gasteiger partial charge on any atom is 0.270 e. The van der Waals surface area contributed by atoms with Crippen LogP contribution in [0.25, 0.3) is 16.8 Å². The smallest absolute Gasteiger partial charge is 0.270 e. The molecule has 0 aliphatic heterocycles. The molecule has 4 heteroatoms. The van der Waals surface area contributed by atoms with Crippen molar-refractivity contribution in [2.75, 3.05) is 0 Å². The van der Waals surface area contributed by atoms with Gasteiger partial charge in [-0.3, -0.25) is 9.36 Å². The van der Waals surface area contributed by atoms with Crippen molar-refractivity contribution in [3.63, 3.8) is 0 Å². The number of nitrogens with one attached hydrogen (secondary N) is 1. The lowest BCUT2D eigenvalue weighted by Crippen LogP contribution is -2.35. The molecule has 0 bridgehead atoms. The Hall–Kier alpha value is -2.88. The van der Waals surface area contributed by atoms with Crippen molar-refractivity contribution in [3.8, 4) is 16.8 Å². The molecule has 4 nitrogen and oxygen atoms in total. The van der Waals surface area contributed by atoms with Crippen LogP contribution in [-0.4, -0.2) is 21.5 Å². The van der Waals surface area contributed by atoms with Gasteiger partial charge in [0, 0.05) is 11.7 Å². The largest absolute Gasteiger partial charge is 0.348 e. The average Bonchev–Trinajstić information content (AvgIpc) is 3.19. The van der Waals surface area contributed by atoms with E-state index in [1.807, 2.05) is 22.8 Å². The average molecular weight is 376 g/mol. The lowest BCUT2D eigenvalue weighted by atomic mass is 10.0. The summed E-state index contributed by atoms with van der Waals surface area (Å²) in [6.07, 6.45) is 7.46. The van der Waals surface area contributed by atoms with Crippen LogP contribution in [-0.2, 0) is 0 Å². The van der Waals surface area contributed by atoms with Crippen LogP contribution in [0.3, 0.4) is 0 Å². The van der Waals surface area contributed by atoms with E-state index in [0.717, 1.165) is 31.4 Å². The fourth-order valence-corrected chi connectivity index (χ4v) is 3.61. The van der Waals surface area contributed by atoms with E-state index >= 15 is 0 Å². The Balaban J connectivity index is 1.81. The summed E-state index contributed by atoms with van der Waals surface area (Å²) in [6, 6.07) is 16.8. The molecule has 0 atom stereocenters. The van der Waals surface area contributed by atoms with Crippen LogP contribution in [0.5, 0.6) is 0 Å². The Bertz CT molecular complexity index is 906. The molecule has 3 rings (SSSR count). The zero-order chi connectivity index (χ0) is 19.9. The van der Waals surface area contributed by atoms with Crippen molar-refractivity contribution < 1.29 is 4.79 Å². The molecule has 0 unspecified atom stereocenters. The molecular formula is C24H29N3O. The molecule has 28 heavy (non-hydrogen) atoms. The number of aryl methyl sites for hydroxylation is 1. The monoisotopic (exact) mass is 375 g/mol. The zero-order valence-corrected chi connectivity index (χ0v) is 17.0. The number of carbonyl (C=O) groups is 1. The number of hydrogen-bond acceptors (Lipinski definition) is 2. The van der Waals surface area contributed by atoms with Gasteiger partial charge in [-0.2, -0.15) is 0 Å². The first-order chi connectivity index (χ1) is 13.6. The van der Waals surface area contributed by atoms with Gasteiger partial charge in [0.15, 0.2) is 0 Å². The van der Waals surface area contributed by atoms with E-state index in [0.29, 0.717) is 5.69 Å². The normalized spacial score (nSPS) is 11.0. The van der Waals surface area contributed by atoms with Crippen molar-refractivity contribution >= 4 is 5.91 Å². The minimum Gasteiger partial charge on any atom is -0.348 e. The summed E-state index contributed by atoms with van der Waals surface area (Å²) in [5, 5.41) is 3.18. The van der Waals surface area contributed by atoms with Crippen LogP contribution < -0.4 is 5.32 Å². The van der Waals surface area contributed by atoms with Gasteiger partial charge in [-0.15, -0.1) is 0 Å². The molecule has 1 amide bonds. The maximum atomic E-state index is 12.8. The second kappa shape index (κ2) is 9.36. The molecule has 0 aliphatic carbocycles. The minimum atomic E-state index is -0.0626. The second-order valence-corrected chi connectivity index (χ2v) is 7.26. The Morgan fingerprint density at radius 1 is 1.04 bits per heavy atom. The first-order valence-electron chi connectivity index (χ1n) is 10.1. The van der Waals surface area contributed by atoms with Crippen LogP contribution >= 0.6 is 0 Å². The molecule has 1 aromatic heterocycles. The van der Waals surface area contributed by atoms with Gasteiger partial charge in [-0.05, 0) is 48.6 Å². The number of benzene rings is 2. The van der Waals surface area contributed by atoms with Gasteiger partial charge in [0.25, 0.3) is 5.91 Å². The summed E-state index contributed by atoms with van der Waals surface area (Å²) >= 11 is 0. The molecule has 0 spiro atoms. The fraction of sp³-hybridized carbons (Fsp3) is 0.333. The lowest BCUT2D eigenvalue weighted by Gasteiger charge is -2.18. The van der Waals surface area contributed by atoms with E-state index in [4.69, 9.17) is 0 Å². The van der Waals surface area contributed by atoms with Crippen LogP contribution in [0.15, 0.2) is 61.1 Å². The summed E-state index contributed by atoms with van der Waals surface area (Å²) in [5.41, 5.74) is 5.14. The Kier molecular flexibility index (Phi) is 6.64. The van der Waals surface area contributed by atoms with E-state index in [9.17, 15) is 4.79 Å². The quantitative estimate of drug-likeness (QED) is 0.561. The molecular weight excluding hydrogens is 346 g/mol. The first kappa shape index (κ1) is 19.9. The van der Waals surface area contributed by atoms with Crippen LogP contribution in [0.1, 0.15) is 55.6 Å². The highest BCUT2D eigenvalue weighted by atomic mass is 16.2. The van der Waals surface area contributed by atoms with E-state index in [1.54, 1.807) is 12.5 Å². The maximum absolute atomic E-state index is 12.8. The third-order valence-corrected chi connectivity index (χ3v) is 5.08. The molecule has 2 aromatic carbocycles. The van der Waals surface area contributed by atoms with Crippen molar-refractivity contribution in [3.05, 3.63) is 72.3 Å². The van der Waals surface area contributed by atoms with Gasteiger partial charge in [0.05, 0.1) is 12.5 Å². The Morgan fingerprint density at radius 3 is 2.36 bits per heavy atom. The Morgan fingerprint density at radius 2 is 1.71 bits per heavy atom. The summed E-state index contributed by atoms with van der Waals surface area (Å²) < 4.78 is 1.85. The molecule has 0 saturated heterocycles. The molecule has 3 aromatic rings. The van der Waals surface area contributed by atoms with Gasteiger partial charge in [0.1, 0.15) is 5.69 Å². The van der Waals surface area contributed by atoms with Crippen LogP contribution in [0.2, 0.25) is 0 Å². The molecule has 0 fully saturated rings. The molecule has 0 aliphatic rings. The highest BCUT2D eigenvalue weighted by Crippen LogP contribution is 2.24. The van der Waals surface area contributed by atoms with E-state index in [-0.39, 0.29) is 11.9 Å². The second-order valence-electron chi connectivity index (χ2n) is 7.26. The standard InChI is InChI=1S/C24H29N3O/c1-4-8-20(9-5-2)26-24(28)23-16-25-17-27(23)21-14-12-19(13-15-21)22-11-7-6-10-18(22)3/h6-7,10-17,20H,4-5,8-9H2,1-3H3,(H,26,28). The molecule has 0 saturated carbocycles. The summed E-state index contributed by atoms with van der Waals surface area (Å²) in [6.45, 7) is 6.41. The number of rotatable bonds is 8. The number of aromatic nitrogens is 2. The molecule has 1 N–H and O–H groups in total. The van der Waals surface area contributed by atoms with Crippen molar-refractivity contribution in [1.29, 1.82) is 0 Å². The fourth-order valence-electron chi connectivity index (χ4n) is 3.61. The predicted molar refractivity (Wildman–Crippen MR) is 115 cm³/mol. The highest BCUT2D eigenvalue weighted by Gasteiger charge is 2.17. The van der Waals surface area contributed by atoms with Gasteiger partial charge in [-0.1, -0.05) is 63.1 Å². The number of hydrogen-bond donors (Lipinski definition) is 1. The van der Waals surface area contributed by atoms with Gasteiger partial charge in [-0.25, -0.2) is 4.98 Å². The summed E-state index contributed by atoms with van der Waals surface area (Å²) in [4.78, 5) is 17.0. The number of nitrogens with zero attached hydrogens (tertiary/aromatic N) is 2. The molecule has 0 radical (unpaired) electrons. The van der Waals surface area contributed by atoms with Gasteiger partial charge < -0.3 is 5.32 Å². The van der Waals surface area contributed by atoms with E-state index < -0.39 is 0 Å². The topological polar surface area (TPSA) is 46.9 Å². The van der Waals surface area contributed by atoms with E-state index in [1.165, 1.54) is 16.7 Å². The van der Waals surface area contributed by atoms with Gasteiger partial charge in [0.2, 0.25) is 0 Å². The van der Waals surface area contributed by atoms with Crippen molar-refractivity contribution in [2.24, 2.45) is 0 Å². The van der Waals surface area contributed by atoms with Crippen LogP contribution in [0.4, 0.5) is 0 Å². The van der Waals surface area contributed by atoms with Crippen molar-refractivity contribution in [2.45, 2.75) is 52.5 Å². The van der Waals surface area contributed by atoms with Crippen LogP contribution in [0, 0.1) is 6.92 Å². The number of imidazole rings is 1. The number of amides is 1. The predicted octanol–water partition coefficient (Wildman–Crippen LogP) is 5.55. The third kappa shape index (κ3) is 4.50. The first-order valence-corrected chi connectivity index (χ1v) is 10.1. The summed E-state index contributed by atoms with van der Waals surface area (Å²) in [7, 11) is 0. The zero-order valence-electron chi connectivity index (χ0n) is 17.0. The Labute approximate surface area is 167 Å². The third-order valence-electron chi connectivity index (χ3n) is 5.08. The highest BCUT2D eigenvalue weighted by molar-refractivity contribution is 5.93. The minimum absolute atomic E-state index is 0.0626. The lowest BCUT2D eigenvalue weighted by molar-refractivity contribution is 0.0925. The molecule has 146 valence electrons. The van der Waals surface area contributed by atoms with Crippen molar-refractivity contribution in [1.82, 2.24) is 14.9 Å². The van der Waals surface area contributed by atoms with Gasteiger partial charge >= 0.3 is 0 Å². The molecule has 1 heterocycles. The SMILES string of the molecule is CCCC(CCC)NC(=O)c1cncn1-c1ccc(-c2ccccc2C)cc1. The number of carbonyl (C=O) groups excluding carboxylic acids is 1.